The molecular formula is C22H21F3N6O4. The van der Waals surface area contributed by atoms with E-state index in [0.717, 1.165) is 12.6 Å². The largest absolute Gasteiger partial charge is 0.485 e. The summed E-state index contributed by atoms with van der Waals surface area (Å²) in [5.41, 5.74) is -0.0412. The van der Waals surface area contributed by atoms with Crippen LogP contribution in [0.3, 0.4) is 0 Å². The van der Waals surface area contributed by atoms with Gasteiger partial charge >= 0.3 is 6.18 Å². The number of halogens is 3. The Morgan fingerprint density at radius 1 is 1.20 bits per heavy atom. The van der Waals surface area contributed by atoms with E-state index in [9.17, 15) is 18.0 Å². The number of nitrogens with zero attached hydrogens (tertiary/aromatic N) is 3. The number of carbonyl (C=O) groups excluding carboxylic acids is 1. The number of anilines is 3. The number of hydrogen-bond acceptors (Lipinski definition) is 8. The maximum Gasteiger partial charge on any atom is 0.418 e. The lowest BCUT2D eigenvalue weighted by Crippen LogP contribution is -2.41. The summed E-state index contributed by atoms with van der Waals surface area (Å²) in [6, 6.07) is 3.33. The quantitative estimate of drug-likeness (QED) is 0.511. The summed E-state index contributed by atoms with van der Waals surface area (Å²) >= 11 is 0. The second-order valence-electron chi connectivity index (χ2n) is 8.51. The van der Waals surface area contributed by atoms with Gasteiger partial charge in [-0.25, -0.2) is 0 Å². The molecule has 2 fully saturated rings. The molecule has 10 nitrogen and oxygen atoms in total. The Balaban J connectivity index is 1.35. The van der Waals surface area contributed by atoms with Crippen LogP contribution < -0.4 is 20.1 Å². The number of alkyl halides is 3. The molecule has 2 bridgehead atoms. The molecule has 35 heavy (non-hydrogen) atoms. The summed E-state index contributed by atoms with van der Waals surface area (Å²) in [6.45, 7) is 1.61. The Kier molecular flexibility index (Phi) is 4.91. The average molecular weight is 490 g/mol. The highest BCUT2D eigenvalue weighted by molar-refractivity contribution is 6.00. The molecule has 6 rings (SSSR count). The highest BCUT2D eigenvalue weighted by atomic mass is 19.4. The van der Waals surface area contributed by atoms with Gasteiger partial charge in [-0.3, -0.25) is 4.79 Å². The van der Waals surface area contributed by atoms with Crippen molar-refractivity contribution in [2.45, 2.75) is 24.7 Å². The number of morpholine rings is 1. The molecule has 5 heterocycles. The van der Waals surface area contributed by atoms with Crippen molar-refractivity contribution in [2.24, 2.45) is 0 Å². The van der Waals surface area contributed by atoms with E-state index in [0.29, 0.717) is 35.9 Å². The Morgan fingerprint density at radius 3 is 2.69 bits per heavy atom. The van der Waals surface area contributed by atoms with Gasteiger partial charge in [0, 0.05) is 19.8 Å². The van der Waals surface area contributed by atoms with Crippen LogP contribution in [-0.2, 0) is 10.9 Å². The summed E-state index contributed by atoms with van der Waals surface area (Å²) in [4.78, 5) is 26.1. The molecule has 2 saturated heterocycles. The number of H-pyrrole nitrogens is 1. The van der Waals surface area contributed by atoms with Crippen LogP contribution in [0.15, 0.2) is 18.3 Å². The van der Waals surface area contributed by atoms with Gasteiger partial charge in [-0.1, -0.05) is 0 Å². The van der Waals surface area contributed by atoms with Crippen LogP contribution in [-0.4, -0.2) is 71.3 Å². The number of fused-ring (bicyclic) bond motifs is 4. The molecule has 3 aliphatic rings. The number of nitrogens with one attached hydrogen (secondary N) is 3. The minimum absolute atomic E-state index is 0.00946. The van der Waals surface area contributed by atoms with Crippen LogP contribution in [0.1, 0.15) is 22.3 Å². The van der Waals surface area contributed by atoms with E-state index < -0.39 is 11.7 Å². The van der Waals surface area contributed by atoms with E-state index in [2.05, 4.69) is 25.6 Å². The molecule has 0 saturated carbocycles. The first kappa shape index (κ1) is 21.8. The van der Waals surface area contributed by atoms with E-state index in [1.165, 1.54) is 7.05 Å². The number of likely N-dealkylation sites (tertiary alicyclic amines) is 1. The summed E-state index contributed by atoms with van der Waals surface area (Å²) in [7, 11) is 1.48. The standard InChI is InChI=1S/C22H21F3N6O4/c1-26-18-15-13(22(23,24)25)7-27-19(15)30-21(29-18)28-14-3-2-12(16-17(14)34-5-4-33-16)20(32)31-8-11-6-10(31)9-35-11/h2-3,7,10-11H,4-6,8-9H2,1H3,(H3,26,27,28,29,30)/t10-,11-/m0/s1. The number of ether oxygens (including phenoxy) is 3. The first-order valence-electron chi connectivity index (χ1n) is 11.1. The molecule has 2 aromatic heterocycles. The minimum Gasteiger partial charge on any atom is -0.485 e. The van der Waals surface area contributed by atoms with Crippen LogP contribution in [0, 0.1) is 0 Å². The monoisotopic (exact) mass is 490 g/mol. The number of rotatable bonds is 4. The Morgan fingerprint density at radius 2 is 2.00 bits per heavy atom. The molecule has 1 aromatic carbocycles. The second kappa shape index (κ2) is 7.90. The molecule has 0 unspecified atom stereocenters. The van der Waals surface area contributed by atoms with Crippen LogP contribution in [0.4, 0.5) is 30.6 Å². The summed E-state index contributed by atoms with van der Waals surface area (Å²) in [6.07, 6.45) is -2.81. The topological polar surface area (TPSA) is 114 Å². The first-order valence-corrected chi connectivity index (χ1v) is 11.1. The summed E-state index contributed by atoms with van der Waals surface area (Å²) in [5, 5.41) is 5.54. The van der Waals surface area contributed by atoms with Gasteiger partial charge in [0.2, 0.25) is 5.95 Å². The molecule has 3 aliphatic heterocycles. The van der Waals surface area contributed by atoms with Gasteiger partial charge in [-0.2, -0.15) is 23.1 Å². The Labute approximate surface area is 196 Å². The lowest BCUT2D eigenvalue weighted by Gasteiger charge is -2.29. The van der Waals surface area contributed by atoms with Gasteiger partial charge < -0.3 is 34.7 Å². The second-order valence-corrected chi connectivity index (χ2v) is 8.51. The molecule has 1 amide bonds. The van der Waals surface area contributed by atoms with Gasteiger partial charge in [0.15, 0.2) is 11.5 Å². The smallest absolute Gasteiger partial charge is 0.418 e. The normalized spacial score (nSPS) is 21.0. The SMILES string of the molecule is CNc1nc(Nc2ccc(C(=O)N3C[C@@H]4C[C@H]3CO4)c3c2OCCO3)nc2[nH]cc(C(F)(F)F)c12. The zero-order chi connectivity index (χ0) is 24.3. The van der Waals surface area contributed by atoms with E-state index in [1.807, 2.05) is 0 Å². The van der Waals surface area contributed by atoms with Crippen molar-refractivity contribution in [3.63, 3.8) is 0 Å². The van der Waals surface area contributed by atoms with Crippen molar-refractivity contribution in [3.05, 3.63) is 29.5 Å². The molecular weight excluding hydrogens is 469 g/mol. The Hall–Kier alpha value is -3.74. The number of hydrogen-bond donors (Lipinski definition) is 3. The third-order valence-electron chi connectivity index (χ3n) is 6.40. The number of benzene rings is 1. The molecule has 0 spiro atoms. The van der Waals surface area contributed by atoms with Crippen molar-refractivity contribution in [1.29, 1.82) is 0 Å². The van der Waals surface area contributed by atoms with E-state index in [4.69, 9.17) is 14.2 Å². The van der Waals surface area contributed by atoms with Crippen molar-refractivity contribution in [3.8, 4) is 11.5 Å². The van der Waals surface area contributed by atoms with Crippen molar-refractivity contribution in [1.82, 2.24) is 19.9 Å². The van der Waals surface area contributed by atoms with Gasteiger partial charge in [0.05, 0.1) is 41.0 Å². The lowest BCUT2D eigenvalue weighted by atomic mass is 10.1. The third-order valence-corrected chi connectivity index (χ3v) is 6.40. The van der Waals surface area contributed by atoms with E-state index in [1.54, 1.807) is 17.0 Å². The molecule has 2 atom stereocenters. The third kappa shape index (κ3) is 3.57. The molecule has 3 aromatic rings. The number of aromatic amines is 1. The highest BCUT2D eigenvalue weighted by Crippen LogP contribution is 2.43. The van der Waals surface area contributed by atoms with Crippen molar-refractivity contribution < 1.29 is 32.2 Å². The average Bonchev–Trinajstić information content (AvgIpc) is 3.59. The first-order chi connectivity index (χ1) is 16.8. The number of aromatic nitrogens is 3. The zero-order valence-electron chi connectivity index (χ0n) is 18.5. The highest BCUT2D eigenvalue weighted by Gasteiger charge is 2.43. The van der Waals surface area contributed by atoms with Gasteiger partial charge in [0.1, 0.15) is 24.7 Å². The summed E-state index contributed by atoms with van der Waals surface area (Å²) in [5.74, 6) is 0.524. The van der Waals surface area contributed by atoms with Crippen molar-refractivity contribution in [2.75, 3.05) is 44.0 Å². The van der Waals surface area contributed by atoms with Crippen molar-refractivity contribution >= 4 is 34.4 Å². The van der Waals surface area contributed by atoms with Crippen LogP contribution in [0.2, 0.25) is 0 Å². The fourth-order valence-electron chi connectivity index (χ4n) is 4.82. The molecule has 3 N–H and O–H groups in total. The van der Waals surface area contributed by atoms with Crippen LogP contribution in [0.25, 0.3) is 11.0 Å². The predicted molar refractivity (Wildman–Crippen MR) is 118 cm³/mol. The van der Waals surface area contributed by atoms with E-state index >= 15 is 0 Å². The predicted octanol–water partition coefficient (Wildman–Crippen LogP) is 3.15. The number of carbonyl (C=O) groups is 1. The fraction of sp³-hybridized carbons (Fsp3) is 0.409. The molecule has 0 radical (unpaired) electrons. The van der Waals surface area contributed by atoms with Gasteiger partial charge in [-0.05, 0) is 18.6 Å². The minimum atomic E-state index is -4.56. The fourth-order valence-corrected chi connectivity index (χ4v) is 4.82. The summed E-state index contributed by atoms with van der Waals surface area (Å²) < 4.78 is 57.4. The maximum atomic E-state index is 13.4. The number of amides is 1. The van der Waals surface area contributed by atoms with Gasteiger partial charge in [0.25, 0.3) is 5.91 Å². The van der Waals surface area contributed by atoms with Gasteiger partial charge in [-0.15, -0.1) is 0 Å². The Bertz CT molecular complexity index is 1330. The molecule has 13 heteroatoms. The zero-order valence-corrected chi connectivity index (χ0v) is 18.5. The lowest BCUT2D eigenvalue weighted by molar-refractivity contribution is -0.136. The van der Waals surface area contributed by atoms with Crippen LogP contribution in [0.5, 0.6) is 11.5 Å². The molecule has 0 aliphatic carbocycles. The molecule has 184 valence electrons. The van der Waals surface area contributed by atoms with Crippen LogP contribution >= 0.6 is 0 Å². The maximum absolute atomic E-state index is 13.4. The van der Waals surface area contributed by atoms with E-state index in [-0.39, 0.29) is 54.1 Å².